The van der Waals surface area contributed by atoms with Crippen LogP contribution in [0.4, 0.5) is 5.69 Å². The van der Waals surface area contributed by atoms with E-state index in [4.69, 9.17) is 0 Å². The van der Waals surface area contributed by atoms with Gasteiger partial charge in [-0.3, -0.25) is 4.79 Å². The number of benzene rings is 2. The van der Waals surface area contributed by atoms with Gasteiger partial charge in [0.1, 0.15) is 0 Å². The minimum atomic E-state index is -3.58. The Hall–Kier alpha value is -2.18. The number of aryl methyl sites for hydroxylation is 1. The molecular weight excluding hydrogens is 348 g/mol. The lowest BCUT2D eigenvalue weighted by Gasteiger charge is -2.24. The van der Waals surface area contributed by atoms with E-state index < -0.39 is 10.0 Å². The van der Waals surface area contributed by atoms with Crippen molar-refractivity contribution in [1.29, 1.82) is 0 Å². The van der Waals surface area contributed by atoms with Gasteiger partial charge in [-0.2, -0.15) is 4.31 Å². The molecule has 1 amide bonds. The monoisotopic (exact) mass is 372 g/mol. The predicted molar refractivity (Wildman–Crippen MR) is 102 cm³/mol. The number of nitrogens with one attached hydrogen (secondary N) is 1. The Balaban J connectivity index is 1.84. The van der Waals surface area contributed by atoms with Gasteiger partial charge < -0.3 is 5.32 Å². The van der Waals surface area contributed by atoms with Gasteiger partial charge in [0.2, 0.25) is 15.9 Å². The van der Waals surface area contributed by atoms with E-state index in [9.17, 15) is 13.2 Å². The number of hydrogen-bond donors (Lipinski definition) is 1. The maximum absolute atomic E-state index is 13.1. The van der Waals surface area contributed by atoms with Crippen LogP contribution in [-0.4, -0.2) is 25.2 Å². The summed E-state index contributed by atoms with van der Waals surface area (Å²) < 4.78 is 27.8. The zero-order valence-corrected chi connectivity index (χ0v) is 15.9. The number of anilines is 1. The van der Waals surface area contributed by atoms with Crippen molar-refractivity contribution in [2.45, 2.75) is 44.0 Å². The summed E-state index contributed by atoms with van der Waals surface area (Å²) in [4.78, 5) is 11.7. The van der Waals surface area contributed by atoms with E-state index in [1.807, 2.05) is 31.2 Å². The topological polar surface area (TPSA) is 66.5 Å². The van der Waals surface area contributed by atoms with Crippen LogP contribution < -0.4 is 5.32 Å². The molecule has 1 aliphatic rings. The molecule has 26 heavy (non-hydrogen) atoms. The first-order valence-electron chi connectivity index (χ1n) is 8.90. The van der Waals surface area contributed by atoms with Gasteiger partial charge in [0.25, 0.3) is 0 Å². The van der Waals surface area contributed by atoms with Gasteiger partial charge in [0.05, 0.1) is 10.9 Å². The normalized spacial score (nSPS) is 18.0. The molecule has 1 aliphatic heterocycles. The highest BCUT2D eigenvalue weighted by Gasteiger charge is 2.36. The quantitative estimate of drug-likeness (QED) is 0.866. The second-order valence-corrected chi connectivity index (χ2v) is 8.50. The molecule has 0 spiro atoms. The summed E-state index contributed by atoms with van der Waals surface area (Å²) >= 11 is 0. The predicted octanol–water partition coefficient (Wildman–Crippen LogP) is 3.87. The van der Waals surface area contributed by atoms with Crippen LogP contribution in [0.3, 0.4) is 0 Å². The Labute approximate surface area is 155 Å². The molecule has 1 saturated heterocycles. The molecule has 138 valence electrons. The highest BCUT2D eigenvalue weighted by atomic mass is 32.2. The molecule has 1 N–H and O–H groups in total. The first-order valence-corrected chi connectivity index (χ1v) is 10.3. The summed E-state index contributed by atoms with van der Waals surface area (Å²) in [5, 5.41) is 2.73. The molecule has 0 unspecified atom stereocenters. The second-order valence-electron chi connectivity index (χ2n) is 6.61. The molecule has 6 heteroatoms. The van der Waals surface area contributed by atoms with Gasteiger partial charge >= 0.3 is 0 Å². The van der Waals surface area contributed by atoms with Gasteiger partial charge in [0.15, 0.2) is 0 Å². The lowest BCUT2D eigenvalue weighted by molar-refractivity contribution is -0.115. The maximum Gasteiger partial charge on any atom is 0.243 e. The van der Waals surface area contributed by atoms with Gasteiger partial charge in [-0.05, 0) is 49.6 Å². The van der Waals surface area contributed by atoms with E-state index in [0.29, 0.717) is 18.7 Å². The molecule has 0 radical (unpaired) electrons. The number of sulfonamides is 1. The van der Waals surface area contributed by atoms with Gasteiger partial charge in [-0.25, -0.2) is 8.42 Å². The average Bonchev–Trinajstić information content (AvgIpc) is 3.13. The van der Waals surface area contributed by atoms with Crippen LogP contribution in [-0.2, 0) is 14.8 Å². The van der Waals surface area contributed by atoms with Crippen molar-refractivity contribution in [2.75, 3.05) is 11.9 Å². The van der Waals surface area contributed by atoms with Crippen molar-refractivity contribution < 1.29 is 13.2 Å². The molecule has 0 aromatic heterocycles. The minimum absolute atomic E-state index is 0.0976. The van der Waals surface area contributed by atoms with E-state index >= 15 is 0 Å². The summed E-state index contributed by atoms with van der Waals surface area (Å²) in [7, 11) is -3.58. The van der Waals surface area contributed by atoms with E-state index in [-0.39, 0.29) is 16.8 Å². The molecule has 0 bridgehead atoms. The third-order valence-corrected chi connectivity index (χ3v) is 6.65. The largest absolute Gasteiger partial charge is 0.326 e. The number of amides is 1. The van der Waals surface area contributed by atoms with Crippen LogP contribution >= 0.6 is 0 Å². The molecule has 1 fully saturated rings. The fourth-order valence-corrected chi connectivity index (χ4v) is 4.93. The third kappa shape index (κ3) is 3.81. The number of rotatable bonds is 5. The highest BCUT2D eigenvalue weighted by molar-refractivity contribution is 7.89. The van der Waals surface area contributed by atoms with Crippen molar-refractivity contribution in [3.8, 4) is 0 Å². The summed E-state index contributed by atoms with van der Waals surface area (Å²) in [6.45, 7) is 4.31. The molecule has 0 saturated carbocycles. The summed E-state index contributed by atoms with van der Waals surface area (Å²) in [6.07, 6.45) is 2.06. The van der Waals surface area contributed by atoms with Crippen molar-refractivity contribution in [3.05, 3.63) is 59.7 Å². The Kier molecular flexibility index (Phi) is 5.44. The fraction of sp³-hybridized carbons (Fsp3) is 0.350. The van der Waals surface area contributed by atoms with Crippen LogP contribution in [0.25, 0.3) is 0 Å². The number of nitrogens with zero attached hydrogens (tertiary/aromatic N) is 1. The first-order chi connectivity index (χ1) is 12.4. The van der Waals surface area contributed by atoms with Crippen molar-refractivity contribution in [2.24, 2.45) is 0 Å². The van der Waals surface area contributed by atoms with Crippen LogP contribution in [0.5, 0.6) is 0 Å². The van der Waals surface area contributed by atoms with E-state index in [1.54, 1.807) is 35.5 Å². The average molecular weight is 372 g/mol. The van der Waals surface area contributed by atoms with Crippen molar-refractivity contribution >= 4 is 21.6 Å². The minimum Gasteiger partial charge on any atom is -0.326 e. The molecule has 2 aromatic carbocycles. The van der Waals surface area contributed by atoms with Gasteiger partial charge in [0, 0.05) is 18.7 Å². The Morgan fingerprint density at radius 2 is 1.77 bits per heavy atom. The zero-order valence-electron chi connectivity index (χ0n) is 15.1. The first kappa shape index (κ1) is 18.6. The summed E-state index contributed by atoms with van der Waals surface area (Å²) in [6, 6.07) is 14.3. The van der Waals surface area contributed by atoms with Crippen molar-refractivity contribution in [1.82, 2.24) is 4.31 Å². The highest BCUT2D eigenvalue weighted by Crippen LogP contribution is 2.36. The maximum atomic E-state index is 13.1. The van der Waals surface area contributed by atoms with E-state index in [2.05, 4.69) is 5.32 Å². The fourth-order valence-electron chi connectivity index (χ4n) is 3.24. The molecule has 0 aliphatic carbocycles. The molecule has 5 nitrogen and oxygen atoms in total. The SMILES string of the molecule is CCC(=O)Nc1ccc(S(=O)(=O)N2CCC[C@H]2c2ccc(C)cc2)cc1. The zero-order chi connectivity index (χ0) is 18.7. The van der Waals surface area contributed by atoms with Crippen LogP contribution in [0, 0.1) is 6.92 Å². The Morgan fingerprint density at radius 3 is 2.38 bits per heavy atom. The van der Waals surface area contributed by atoms with Crippen LogP contribution in [0.15, 0.2) is 53.4 Å². The molecule has 1 heterocycles. The van der Waals surface area contributed by atoms with E-state index in [0.717, 1.165) is 24.0 Å². The number of hydrogen-bond acceptors (Lipinski definition) is 3. The van der Waals surface area contributed by atoms with Gasteiger partial charge in [-0.1, -0.05) is 36.8 Å². The lowest BCUT2D eigenvalue weighted by Crippen LogP contribution is -2.30. The number of carbonyl (C=O) groups is 1. The lowest BCUT2D eigenvalue weighted by atomic mass is 10.0. The third-order valence-electron chi connectivity index (χ3n) is 4.73. The molecule has 1 atom stereocenters. The Morgan fingerprint density at radius 1 is 1.12 bits per heavy atom. The molecule has 3 rings (SSSR count). The standard InChI is InChI=1S/C20H24N2O3S/c1-3-20(23)21-17-10-12-18(13-11-17)26(24,25)22-14-4-5-19(22)16-8-6-15(2)7-9-16/h6-13,19H,3-5,14H2,1-2H3,(H,21,23)/t19-/m0/s1. The molecular formula is C20H24N2O3S. The molecule has 2 aromatic rings. The summed E-state index contributed by atoms with van der Waals surface area (Å²) in [5.74, 6) is -0.0976. The smallest absolute Gasteiger partial charge is 0.243 e. The number of carbonyl (C=O) groups excluding carboxylic acids is 1. The van der Waals surface area contributed by atoms with Gasteiger partial charge in [-0.15, -0.1) is 0 Å². The van der Waals surface area contributed by atoms with E-state index in [1.165, 1.54) is 0 Å². The van der Waals surface area contributed by atoms with Crippen LogP contribution in [0.1, 0.15) is 43.4 Å². The summed E-state index contributed by atoms with van der Waals surface area (Å²) in [5.41, 5.74) is 2.79. The second kappa shape index (κ2) is 7.60. The van der Waals surface area contributed by atoms with Crippen molar-refractivity contribution in [3.63, 3.8) is 0 Å². The van der Waals surface area contributed by atoms with Crippen LogP contribution in [0.2, 0.25) is 0 Å². The Bertz CT molecular complexity index is 874.